The number of rotatable bonds is 1. The fourth-order valence-corrected chi connectivity index (χ4v) is 1.89. The molecule has 9 heteroatoms. The van der Waals surface area contributed by atoms with E-state index >= 15 is 0 Å². The topological polar surface area (TPSA) is 58.1 Å². The summed E-state index contributed by atoms with van der Waals surface area (Å²) in [7, 11) is 0. The first kappa shape index (κ1) is 13.9. The van der Waals surface area contributed by atoms with Crippen LogP contribution in [0.25, 0.3) is 0 Å². The zero-order valence-corrected chi connectivity index (χ0v) is 10.4. The van der Waals surface area contributed by atoms with Crippen molar-refractivity contribution in [2.24, 2.45) is 0 Å². The fourth-order valence-electron chi connectivity index (χ4n) is 1.71. The summed E-state index contributed by atoms with van der Waals surface area (Å²) < 4.78 is 37.9. The fraction of sp³-hybridized carbons (Fsp3) is 0.500. The van der Waals surface area contributed by atoms with E-state index in [2.05, 4.69) is 15.3 Å². The Bertz CT molecular complexity index is 494. The van der Waals surface area contributed by atoms with Crippen LogP contribution in [0.2, 0.25) is 5.28 Å². The molecule has 0 bridgehead atoms. The molecule has 2 rings (SSSR count). The van der Waals surface area contributed by atoms with Crippen molar-refractivity contribution < 1.29 is 18.0 Å². The number of aromatic nitrogens is 2. The minimum atomic E-state index is -4.60. The van der Waals surface area contributed by atoms with Gasteiger partial charge in [-0.3, -0.25) is 4.79 Å². The second-order valence-electron chi connectivity index (χ2n) is 4.00. The van der Waals surface area contributed by atoms with E-state index in [1.807, 2.05) is 0 Å². The number of anilines is 1. The highest BCUT2D eigenvalue weighted by Crippen LogP contribution is 2.30. The van der Waals surface area contributed by atoms with Gasteiger partial charge in [0.05, 0.1) is 6.54 Å². The van der Waals surface area contributed by atoms with Gasteiger partial charge in [0.25, 0.3) is 0 Å². The predicted octanol–water partition coefficient (Wildman–Crippen LogP) is 1.48. The Labute approximate surface area is 111 Å². The highest BCUT2D eigenvalue weighted by Gasteiger charge is 2.34. The summed E-state index contributed by atoms with van der Waals surface area (Å²) in [5.74, 6) is -0.259. The lowest BCUT2D eigenvalue weighted by Crippen LogP contribution is -2.33. The van der Waals surface area contributed by atoms with Gasteiger partial charge in [-0.15, -0.1) is 0 Å². The smallest absolute Gasteiger partial charge is 0.354 e. The Morgan fingerprint density at radius 3 is 2.79 bits per heavy atom. The molecule has 1 aliphatic rings. The standard InChI is InChI=1S/C10H10ClF3N4O/c11-9-16-6(10(12,13)14)4-7(17-9)18-3-1-2-15-8(19)5-18/h4H,1-3,5H2,(H,15,19). The van der Waals surface area contributed by atoms with Crippen LogP contribution in [-0.2, 0) is 11.0 Å². The molecular weight excluding hydrogens is 285 g/mol. The van der Waals surface area contributed by atoms with Crippen molar-refractivity contribution in [2.45, 2.75) is 12.6 Å². The quantitative estimate of drug-likeness (QED) is 0.797. The third-order valence-electron chi connectivity index (χ3n) is 2.56. The average molecular weight is 295 g/mol. The van der Waals surface area contributed by atoms with E-state index in [0.717, 1.165) is 6.07 Å². The zero-order valence-electron chi connectivity index (χ0n) is 9.67. The lowest BCUT2D eigenvalue weighted by atomic mass is 10.3. The Kier molecular flexibility index (Phi) is 3.79. The number of carbonyl (C=O) groups is 1. The minimum Gasteiger partial charge on any atom is -0.354 e. The molecule has 0 unspecified atom stereocenters. The predicted molar refractivity (Wildman–Crippen MR) is 61.9 cm³/mol. The third-order valence-corrected chi connectivity index (χ3v) is 2.73. The molecule has 2 heterocycles. The molecule has 0 aromatic carbocycles. The lowest BCUT2D eigenvalue weighted by Gasteiger charge is -2.20. The second-order valence-corrected chi connectivity index (χ2v) is 4.34. The number of halogens is 4. The van der Waals surface area contributed by atoms with Gasteiger partial charge in [-0.05, 0) is 18.0 Å². The maximum absolute atomic E-state index is 12.6. The number of alkyl halides is 3. The molecule has 1 aromatic heterocycles. The number of hydrogen-bond donors (Lipinski definition) is 1. The Morgan fingerprint density at radius 2 is 2.11 bits per heavy atom. The number of carbonyl (C=O) groups excluding carboxylic acids is 1. The molecule has 104 valence electrons. The molecule has 1 fully saturated rings. The van der Waals surface area contributed by atoms with Gasteiger partial charge in [0, 0.05) is 19.2 Å². The summed E-state index contributed by atoms with van der Waals surface area (Å²) in [4.78, 5) is 19.7. The minimum absolute atomic E-state index is 0.00405. The summed E-state index contributed by atoms with van der Waals surface area (Å²) in [5.41, 5.74) is -1.12. The molecule has 1 saturated heterocycles. The summed E-state index contributed by atoms with van der Waals surface area (Å²) >= 11 is 5.50. The zero-order chi connectivity index (χ0) is 14.0. The van der Waals surface area contributed by atoms with Gasteiger partial charge in [0.1, 0.15) is 5.82 Å². The highest BCUT2D eigenvalue weighted by atomic mass is 35.5. The van der Waals surface area contributed by atoms with Gasteiger partial charge >= 0.3 is 6.18 Å². The van der Waals surface area contributed by atoms with E-state index in [4.69, 9.17) is 11.6 Å². The van der Waals surface area contributed by atoms with Gasteiger partial charge in [-0.1, -0.05) is 0 Å². The van der Waals surface area contributed by atoms with E-state index in [1.54, 1.807) is 0 Å². The third kappa shape index (κ3) is 3.46. The molecule has 0 aliphatic carbocycles. The first-order chi connectivity index (χ1) is 8.86. The number of nitrogens with one attached hydrogen (secondary N) is 1. The van der Waals surface area contributed by atoms with Gasteiger partial charge in [0.2, 0.25) is 11.2 Å². The van der Waals surface area contributed by atoms with E-state index < -0.39 is 17.2 Å². The number of amides is 1. The lowest BCUT2D eigenvalue weighted by molar-refractivity contribution is -0.141. The van der Waals surface area contributed by atoms with E-state index in [-0.39, 0.29) is 18.3 Å². The van der Waals surface area contributed by atoms with Gasteiger partial charge < -0.3 is 10.2 Å². The maximum Gasteiger partial charge on any atom is 0.433 e. The SMILES string of the molecule is O=C1CN(c2cc(C(F)(F)F)nc(Cl)n2)CCCN1. The largest absolute Gasteiger partial charge is 0.433 e. The summed E-state index contributed by atoms with van der Waals surface area (Å²) in [6.45, 7) is 0.855. The van der Waals surface area contributed by atoms with Crippen molar-refractivity contribution in [1.82, 2.24) is 15.3 Å². The number of nitrogens with zero attached hydrogens (tertiary/aromatic N) is 3. The van der Waals surface area contributed by atoms with Crippen molar-refractivity contribution in [1.29, 1.82) is 0 Å². The monoisotopic (exact) mass is 294 g/mol. The van der Waals surface area contributed by atoms with Crippen LogP contribution in [0.1, 0.15) is 12.1 Å². The molecule has 1 aromatic rings. The van der Waals surface area contributed by atoms with Gasteiger partial charge in [-0.2, -0.15) is 13.2 Å². The molecular formula is C10H10ClF3N4O. The molecule has 0 radical (unpaired) electrons. The normalized spacial score (nSPS) is 17.1. The van der Waals surface area contributed by atoms with Crippen LogP contribution in [0.4, 0.5) is 19.0 Å². The Balaban J connectivity index is 2.33. The highest BCUT2D eigenvalue weighted by molar-refractivity contribution is 6.28. The van der Waals surface area contributed by atoms with Crippen molar-refractivity contribution in [3.05, 3.63) is 17.0 Å². The van der Waals surface area contributed by atoms with E-state index in [9.17, 15) is 18.0 Å². The number of hydrogen-bond acceptors (Lipinski definition) is 4. The van der Waals surface area contributed by atoms with E-state index in [1.165, 1.54) is 4.90 Å². The molecule has 1 aliphatic heterocycles. The summed E-state index contributed by atoms with van der Waals surface area (Å²) in [6.07, 6.45) is -3.98. The van der Waals surface area contributed by atoms with E-state index in [0.29, 0.717) is 19.5 Å². The summed E-state index contributed by atoms with van der Waals surface area (Å²) in [5, 5.41) is 2.13. The molecule has 0 saturated carbocycles. The van der Waals surface area contributed by atoms with Crippen LogP contribution in [0, 0.1) is 0 Å². The van der Waals surface area contributed by atoms with Crippen LogP contribution in [0.5, 0.6) is 0 Å². The first-order valence-corrected chi connectivity index (χ1v) is 5.87. The Hall–Kier alpha value is -1.57. The van der Waals surface area contributed by atoms with Crippen molar-refractivity contribution in [3.63, 3.8) is 0 Å². The molecule has 19 heavy (non-hydrogen) atoms. The van der Waals surface area contributed by atoms with Crippen molar-refractivity contribution >= 4 is 23.3 Å². The van der Waals surface area contributed by atoms with Crippen molar-refractivity contribution in [2.75, 3.05) is 24.5 Å². The first-order valence-electron chi connectivity index (χ1n) is 5.49. The molecule has 1 amide bonds. The summed E-state index contributed by atoms with van der Waals surface area (Å²) in [6, 6.07) is 0.796. The van der Waals surface area contributed by atoms with Crippen LogP contribution in [0.15, 0.2) is 6.07 Å². The van der Waals surface area contributed by atoms with Crippen LogP contribution in [-0.4, -0.2) is 35.5 Å². The van der Waals surface area contributed by atoms with Crippen LogP contribution >= 0.6 is 11.6 Å². The molecule has 1 N–H and O–H groups in total. The average Bonchev–Trinajstić information content (AvgIpc) is 2.52. The van der Waals surface area contributed by atoms with Crippen LogP contribution < -0.4 is 10.2 Å². The maximum atomic E-state index is 12.6. The van der Waals surface area contributed by atoms with Gasteiger partial charge in [-0.25, -0.2) is 9.97 Å². The molecule has 5 nitrogen and oxygen atoms in total. The molecule has 0 spiro atoms. The van der Waals surface area contributed by atoms with Crippen LogP contribution in [0.3, 0.4) is 0 Å². The van der Waals surface area contributed by atoms with Crippen molar-refractivity contribution in [3.8, 4) is 0 Å². The second kappa shape index (κ2) is 5.20. The molecule has 0 atom stereocenters. The van der Waals surface area contributed by atoms with Gasteiger partial charge in [0.15, 0.2) is 5.69 Å². The Morgan fingerprint density at radius 1 is 1.37 bits per heavy atom.